The smallest absolute Gasteiger partial charge is 0.128 e. The van der Waals surface area contributed by atoms with Gasteiger partial charge in [-0.3, -0.25) is 4.84 Å². The highest BCUT2D eigenvalue weighted by atomic mass is 79.9. The van der Waals surface area contributed by atoms with E-state index in [0.717, 1.165) is 10.9 Å². The van der Waals surface area contributed by atoms with Crippen LogP contribution in [0.5, 0.6) is 0 Å². The molecule has 1 atom stereocenters. The molecule has 4 heteroatoms. The van der Waals surface area contributed by atoms with Crippen LogP contribution in [0, 0.1) is 5.82 Å². The first-order chi connectivity index (χ1) is 7.54. The van der Waals surface area contributed by atoms with Crippen LogP contribution in [0.2, 0.25) is 0 Å². The minimum absolute atomic E-state index is 0.0734. The third-order valence-corrected chi connectivity index (χ3v) is 2.68. The third-order valence-electron chi connectivity index (χ3n) is 2.19. The van der Waals surface area contributed by atoms with Crippen LogP contribution in [0.4, 0.5) is 4.39 Å². The van der Waals surface area contributed by atoms with Crippen molar-refractivity contribution in [3.8, 4) is 0 Å². The molecule has 1 N–H and O–H groups in total. The van der Waals surface area contributed by atoms with Crippen LogP contribution in [-0.2, 0) is 4.84 Å². The molecule has 2 nitrogen and oxygen atoms in total. The topological polar surface area (TPSA) is 21.3 Å². The van der Waals surface area contributed by atoms with Crippen molar-refractivity contribution in [2.45, 2.75) is 39.3 Å². The molecule has 0 radical (unpaired) electrons. The lowest BCUT2D eigenvalue weighted by molar-refractivity contribution is -0.0279. The van der Waals surface area contributed by atoms with E-state index in [9.17, 15) is 4.39 Å². The van der Waals surface area contributed by atoms with Gasteiger partial charge >= 0.3 is 0 Å². The highest BCUT2D eigenvalue weighted by Crippen LogP contribution is 2.24. The Morgan fingerprint density at radius 3 is 2.69 bits per heavy atom. The Balaban J connectivity index is 2.81. The summed E-state index contributed by atoms with van der Waals surface area (Å²) >= 11 is 3.34. The number of benzene rings is 1. The van der Waals surface area contributed by atoms with Gasteiger partial charge in [-0.25, -0.2) is 4.39 Å². The lowest BCUT2D eigenvalue weighted by Gasteiger charge is -2.19. The van der Waals surface area contributed by atoms with E-state index in [2.05, 4.69) is 21.4 Å². The predicted octanol–water partition coefficient (Wildman–Crippen LogP) is 3.97. The largest absolute Gasteiger partial charge is 0.299 e. The fourth-order valence-corrected chi connectivity index (χ4v) is 1.75. The fraction of sp³-hybridized carbons (Fsp3) is 0.500. The molecular formula is C12H17BrFNO. The van der Waals surface area contributed by atoms with E-state index in [1.54, 1.807) is 12.1 Å². The molecule has 0 unspecified atom stereocenters. The van der Waals surface area contributed by atoms with Crippen molar-refractivity contribution < 1.29 is 9.23 Å². The van der Waals surface area contributed by atoms with Crippen molar-refractivity contribution in [3.63, 3.8) is 0 Å². The molecule has 1 aromatic carbocycles. The Labute approximate surface area is 104 Å². The van der Waals surface area contributed by atoms with Gasteiger partial charge in [0.1, 0.15) is 5.82 Å². The van der Waals surface area contributed by atoms with Gasteiger partial charge in [0, 0.05) is 10.0 Å². The molecule has 0 fully saturated rings. The van der Waals surface area contributed by atoms with Crippen LogP contribution in [0.25, 0.3) is 0 Å². The highest BCUT2D eigenvalue weighted by Gasteiger charge is 2.14. The van der Waals surface area contributed by atoms with E-state index in [1.165, 1.54) is 6.07 Å². The summed E-state index contributed by atoms with van der Waals surface area (Å²) in [5, 5.41) is 0. The van der Waals surface area contributed by atoms with Crippen molar-refractivity contribution in [1.29, 1.82) is 0 Å². The minimum Gasteiger partial charge on any atom is -0.299 e. The summed E-state index contributed by atoms with van der Waals surface area (Å²) in [6.45, 7) is 5.84. The Bertz CT molecular complexity index is 344. The summed E-state index contributed by atoms with van der Waals surface area (Å²) < 4.78 is 14.5. The molecule has 0 aliphatic rings. The second-order valence-electron chi connectivity index (χ2n) is 3.91. The first-order valence-corrected chi connectivity index (χ1v) is 6.20. The molecule has 0 aromatic heterocycles. The molecule has 0 bridgehead atoms. The quantitative estimate of drug-likeness (QED) is 0.828. The number of hydrogen-bond acceptors (Lipinski definition) is 2. The molecule has 0 saturated carbocycles. The Morgan fingerprint density at radius 2 is 2.12 bits per heavy atom. The van der Waals surface area contributed by atoms with Crippen molar-refractivity contribution >= 4 is 15.9 Å². The second kappa shape index (κ2) is 6.33. The molecule has 0 heterocycles. The van der Waals surface area contributed by atoms with Gasteiger partial charge in [-0.1, -0.05) is 22.9 Å². The van der Waals surface area contributed by atoms with Crippen molar-refractivity contribution in [3.05, 3.63) is 34.1 Å². The Hall–Kier alpha value is -0.450. The zero-order valence-electron chi connectivity index (χ0n) is 9.76. The number of rotatable bonds is 5. The summed E-state index contributed by atoms with van der Waals surface area (Å²) in [6.07, 6.45) is 0.837. The zero-order chi connectivity index (χ0) is 12.1. The maximum atomic E-state index is 13.6. The average Bonchev–Trinajstić information content (AvgIpc) is 2.23. The van der Waals surface area contributed by atoms with Gasteiger partial charge in [0.25, 0.3) is 0 Å². The highest BCUT2D eigenvalue weighted by molar-refractivity contribution is 9.10. The van der Waals surface area contributed by atoms with Gasteiger partial charge in [0.15, 0.2) is 0 Å². The van der Waals surface area contributed by atoms with Crippen molar-refractivity contribution in [2.75, 3.05) is 0 Å². The minimum atomic E-state index is -0.213. The predicted molar refractivity (Wildman–Crippen MR) is 66.5 cm³/mol. The summed E-state index contributed by atoms with van der Waals surface area (Å²) in [7, 11) is 0. The van der Waals surface area contributed by atoms with E-state index in [-0.39, 0.29) is 18.0 Å². The Kier molecular flexibility index (Phi) is 5.38. The fourth-order valence-electron chi connectivity index (χ4n) is 1.37. The monoisotopic (exact) mass is 289 g/mol. The molecule has 0 amide bonds. The molecule has 1 rings (SSSR count). The molecule has 0 spiro atoms. The van der Waals surface area contributed by atoms with E-state index >= 15 is 0 Å². The van der Waals surface area contributed by atoms with Gasteiger partial charge in [-0.05, 0) is 38.5 Å². The van der Waals surface area contributed by atoms with Crippen LogP contribution in [0.15, 0.2) is 22.7 Å². The maximum Gasteiger partial charge on any atom is 0.128 e. The molecule has 0 aliphatic carbocycles. The molecule has 0 saturated heterocycles. The van der Waals surface area contributed by atoms with E-state index in [4.69, 9.17) is 4.84 Å². The van der Waals surface area contributed by atoms with Gasteiger partial charge in [0.05, 0.1) is 12.1 Å². The van der Waals surface area contributed by atoms with Crippen molar-refractivity contribution in [2.24, 2.45) is 0 Å². The van der Waals surface area contributed by atoms with Gasteiger partial charge in [-0.15, -0.1) is 0 Å². The van der Waals surface area contributed by atoms with Gasteiger partial charge in [0.2, 0.25) is 0 Å². The first-order valence-electron chi connectivity index (χ1n) is 5.40. The van der Waals surface area contributed by atoms with Crippen LogP contribution >= 0.6 is 15.9 Å². The van der Waals surface area contributed by atoms with Crippen molar-refractivity contribution in [1.82, 2.24) is 5.48 Å². The van der Waals surface area contributed by atoms with E-state index in [0.29, 0.717) is 5.56 Å². The maximum absolute atomic E-state index is 13.6. The molecule has 90 valence electrons. The van der Waals surface area contributed by atoms with Gasteiger partial charge < -0.3 is 0 Å². The number of hydrogen-bond donors (Lipinski definition) is 1. The molecule has 16 heavy (non-hydrogen) atoms. The van der Waals surface area contributed by atoms with Crippen LogP contribution in [0.3, 0.4) is 0 Å². The normalized spacial score (nSPS) is 13.1. The molecule has 1 aromatic rings. The van der Waals surface area contributed by atoms with E-state index < -0.39 is 0 Å². The standard InChI is InChI=1S/C12H17BrFNO/c1-4-12(15-16-8(2)3)10-7-9(13)5-6-11(10)14/h5-8,12,15H,4H2,1-3H3/t12-/m1/s1. The van der Waals surface area contributed by atoms with Gasteiger partial charge in [-0.2, -0.15) is 5.48 Å². The number of hydroxylamine groups is 1. The number of halogens is 2. The van der Waals surface area contributed by atoms with Crippen LogP contribution < -0.4 is 5.48 Å². The second-order valence-corrected chi connectivity index (χ2v) is 4.83. The first kappa shape index (κ1) is 13.6. The van der Waals surface area contributed by atoms with E-state index in [1.807, 2.05) is 20.8 Å². The summed E-state index contributed by atoms with van der Waals surface area (Å²) in [6, 6.07) is 4.80. The lowest BCUT2D eigenvalue weighted by atomic mass is 10.1. The van der Waals surface area contributed by atoms with Crippen LogP contribution in [0.1, 0.15) is 38.8 Å². The number of nitrogens with one attached hydrogen (secondary N) is 1. The average molecular weight is 290 g/mol. The summed E-state index contributed by atoms with van der Waals surface area (Å²) in [4.78, 5) is 5.31. The van der Waals surface area contributed by atoms with Crippen LogP contribution in [-0.4, -0.2) is 6.10 Å². The zero-order valence-corrected chi connectivity index (χ0v) is 11.3. The SMILES string of the molecule is CC[C@@H](NOC(C)C)c1cc(Br)ccc1F. The summed E-state index contributed by atoms with van der Waals surface area (Å²) in [5.41, 5.74) is 3.52. The molecular weight excluding hydrogens is 273 g/mol. The summed E-state index contributed by atoms with van der Waals surface area (Å²) in [5.74, 6) is -0.213. The third kappa shape index (κ3) is 3.85. The molecule has 0 aliphatic heterocycles. The lowest BCUT2D eigenvalue weighted by Crippen LogP contribution is -2.25. The Morgan fingerprint density at radius 1 is 1.44 bits per heavy atom.